The lowest BCUT2D eigenvalue weighted by Gasteiger charge is -2.31. The topological polar surface area (TPSA) is 9.23 Å². The molecule has 0 radical (unpaired) electrons. The predicted octanol–water partition coefficient (Wildman–Crippen LogP) is 6.92. The maximum atomic E-state index is 14.7. The molecule has 1 fully saturated rings. The van der Waals surface area contributed by atoms with Crippen LogP contribution in [0.4, 0.5) is 8.78 Å². The van der Waals surface area contributed by atoms with E-state index < -0.39 is 11.6 Å². The van der Waals surface area contributed by atoms with Crippen molar-refractivity contribution in [1.29, 1.82) is 0 Å². The molecule has 0 spiro atoms. The van der Waals surface area contributed by atoms with Crippen LogP contribution >= 0.6 is 0 Å². The molecule has 1 aromatic carbocycles. The van der Waals surface area contributed by atoms with E-state index in [0.29, 0.717) is 5.56 Å². The van der Waals surface area contributed by atoms with E-state index in [-0.39, 0.29) is 17.8 Å². The largest absolute Gasteiger partial charge is 0.487 e. The highest BCUT2D eigenvalue weighted by atomic mass is 19.2. The fourth-order valence-corrected chi connectivity index (χ4v) is 4.54. The van der Waals surface area contributed by atoms with Gasteiger partial charge in [0.05, 0.1) is 6.10 Å². The summed E-state index contributed by atoms with van der Waals surface area (Å²) in [6.07, 6.45) is 11.6. The molecular weight excluding hydrogens is 318 g/mol. The quantitative estimate of drug-likeness (QED) is 0.506. The van der Waals surface area contributed by atoms with Crippen molar-refractivity contribution in [2.45, 2.75) is 96.5 Å². The molecule has 1 aliphatic carbocycles. The van der Waals surface area contributed by atoms with Gasteiger partial charge in [-0.1, -0.05) is 33.1 Å². The Bertz CT molecular complexity index is 576. The minimum absolute atomic E-state index is 0.0405. The third-order valence-electron chi connectivity index (χ3n) is 6.28. The molecular formula is C22H32F2O. The van der Waals surface area contributed by atoms with Crippen LogP contribution in [0.5, 0.6) is 5.75 Å². The van der Waals surface area contributed by atoms with Crippen LogP contribution in [0.15, 0.2) is 6.07 Å². The summed E-state index contributed by atoms with van der Waals surface area (Å²) in [4.78, 5) is 0. The first-order chi connectivity index (χ1) is 12.1. The molecule has 25 heavy (non-hydrogen) atoms. The number of hydrogen-bond donors (Lipinski definition) is 0. The zero-order chi connectivity index (χ0) is 17.8. The Labute approximate surface area is 151 Å². The summed E-state index contributed by atoms with van der Waals surface area (Å²) in [7, 11) is 0. The Hall–Kier alpha value is -1.12. The van der Waals surface area contributed by atoms with Gasteiger partial charge < -0.3 is 4.74 Å². The van der Waals surface area contributed by atoms with E-state index in [1.165, 1.54) is 12.8 Å². The molecule has 0 bridgehead atoms. The van der Waals surface area contributed by atoms with Gasteiger partial charge in [0.15, 0.2) is 11.6 Å². The Morgan fingerprint density at radius 1 is 1.00 bits per heavy atom. The van der Waals surface area contributed by atoms with Crippen LogP contribution in [0.3, 0.4) is 0 Å². The highest BCUT2D eigenvalue weighted by molar-refractivity contribution is 5.42. The second kappa shape index (κ2) is 8.51. The molecule has 1 unspecified atom stereocenters. The fraction of sp³-hybridized carbons (Fsp3) is 0.727. The van der Waals surface area contributed by atoms with Crippen molar-refractivity contribution in [2.24, 2.45) is 5.92 Å². The van der Waals surface area contributed by atoms with Crippen LogP contribution in [-0.4, -0.2) is 6.10 Å². The van der Waals surface area contributed by atoms with Gasteiger partial charge in [-0.25, -0.2) is 4.39 Å². The van der Waals surface area contributed by atoms with E-state index in [2.05, 4.69) is 13.8 Å². The summed E-state index contributed by atoms with van der Waals surface area (Å²) in [5.41, 5.74) is 1.47. The third-order valence-corrected chi connectivity index (χ3v) is 6.28. The van der Waals surface area contributed by atoms with E-state index in [1.807, 2.05) is 6.07 Å². The summed E-state index contributed by atoms with van der Waals surface area (Å²) >= 11 is 0. The Morgan fingerprint density at radius 3 is 2.44 bits per heavy atom. The molecule has 3 rings (SSSR count). The third kappa shape index (κ3) is 4.17. The Balaban J connectivity index is 1.74. The smallest absolute Gasteiger partial charge is 0.201 e. The van der Waals surface area contributed by atoms with Crippen LogP contribution in [0.1, 0.15) is 95.1 Å². The summed E-state index contributed by atoms with van der Waals surface area (Å²) in [5, 5.41) is 0. The normalized spacial score (nSPS) is 26.2. The average molecular weight is 350 g/mol. The number of benzene rings is 1. The number of fused-ring (bicyclic) bond motifs is 1. The number of rotatable bonds is 6. The predicted molar refractivity (Wildman–Crippen MR) is 98.2 cm³/mol. The summed E-state index contributed by atoms with van der Waals surface area (Å²) in [6.45, 7) is 4.39. The van der Waals surface area contributed by atoms with Gasteiger partial charge in [-0.05, 0) is 80.4 Å². The van der Waals surface area contributed by atoms with Crippen LogP contribution in [0.2, 0.25) is 0 Å². The lowest BCUT2D eigenvalue weighted by atomic mass is 9.77. The van der Waals surface area contributed by atoms with E-state index in [0.717, 1.165) is 69.3 Å². The van der Waals surface area contributed by atoms with Gasteiger partial charge in [0.25, 0.3) is 0 Å². The van der Waals surface area contributed by atoms with Crippen molar-refractivity contribution < 1.29 is 13.5 Å². The Kier molecular flexibility index (Phi) is 6.35. The van der Waals surface area contributed by atoms with Gasteiger partial charge in [0, 0.05) is 0 Å². The van der Waals surface area contributed by atoms with Crippen LogP contribution in [-0.2, 0) is 6.42 Å². The summed E-state index contributed by atoms with van der Waals surface area (Å²) in [5.74, 6) is -0.284. The second-order valence-electron chi connectivity index (χ2n) is 7.98. The highest BCUT2D eigenvalue weighted by Gasteiger charge is 2.30. The van der Waals surface area contributed by atoms with Gasteiger partial charge in [-0.3, -0.25) is 0 Å². The van der Waals surface area contributed by atoms with E-state index in [9.17, 15) is 8.78 Å². The van der Waals surface area contributed by atoms with Gasteiger partial charge in [0.2, 0.25) is 5.82 Å². The molecule has 3 heteroatoms. The average Bonchev–Trinajstić information content (AvgIpc) is 2.65. The zero-order valence-corrected chi connectivity index (χ0v) is 15.8. The second-order valence-corrected chi connectivity index (χ2v) is 7.98. The maximum absolute atomic E-state index is 14.7. The van der Waals surface area contributed by atoms with E-state index in [1.54, 1.807) is 0 Å². The molecule has 0 saturated heterocycles. The first-order valence-electron chi connectivity index (χ1n) is 10.3. The Morgan fingerprint density at radius 2 is 1.76 bits per heavy atom. The van der Waals surface area contributed by atoms with Gasteiger partial charge in [0.1, 0.15) is 0 Å². The minimum Gasteiger partial charge on any atom is -0.487 e. The number of unbranched alkanes of at least 4 members (excludes halogenated alkanes) is 2. The molecule has 1 aromatic rings. The summed E-state index contributed by atoms with van der Waals surface area (Å²) < 4.78 is 35.3. The van der Waals surface area contributed by atoms with Gasteiger partial charge >= 0.3 is 0 Å². The van der Waals surface area contributed by atoms with Crippen molar-refractivity contribution in [2.75, 3.05) is 0 Å². The molecule has 1 saturated carbocycles. The SMILES string of the molecule is CCCCCC1CCc2cc(C3CCC(CC)CC3)c(F)c(F)c2O1. The highest BCUT2D eigenvalue weighted by Crippen LogP contribution is 2.42. The number of ether oxygens (including phenoxy) is 1. The molecule has 140 valence electrons. The van der Waals surface area contributed by atoms with Gasteiger partial charge in [-0.15, -0.1) is 0 Å². The molecule has 1 aliphatic heterocycles. The standard InChI is InChI=1S/C22H32F2O/c1-3-5-6-7-18-13-12-17-14-19(20(23)21(24)22(17)25-18)16-10-8-15(4-2)9-11-16/h14-16,18H,3-13H2,1-2H3. The van der Waals surface area contributed by atoms with Crippen molar-refractivity contribution in [3.8, 4) is 5.75 Å². The number of aryl methyl sites for hydroxylation is 1. The van der Waals surface area contributed by atoms with Crippen molar-refractivity contribution in [3.63, 3.8) is 0 Å². The minimum atomic E-state index is -0.745. The van der Waals surface area contributed by atoms with Crippen LogP contribution in [0, 0.1) is 17.6 Å². The van der Waals surface area contributed by atoms with E-state index >= 15 is 0 Å². The molecule has 2 aliphatic rings. The van der Waals surface area contributed by atoms with Crippen molar-refractivity contribution in [1.82, 2.24) is 0 Å². The lowest BCUT2D eigenvalue weighted by molar-refractivity contribution is 0.150. The molecule has 0 amide bonds. The first kappa shape index (κ1) is 18.7. The zero-order valence-electron chi connectivity index (χ0n) is 15.8. The van der Waals surface area contributed by atoms with Gasteiger partial charge in [-0.2, -0.15) is 4.39 Å². The maximum Gasteiger partial charge on any atom is 0.201 e. The molecule has 0 aromatic heterocycles. The molecule has 1 nitrogen and oxygen atoms in total. The van der Waals surface area contributed by atoms with Crippen LogP contribution in [0.25, 0.3) is 0 Å². The molecule has 1 heterocycles. The first-order valence-corrected chi connectivity index (χ1v) is 10.3. The number of hydrogen-bond acceptors (Lipinski definition) is 1. The monoisotopic (exact) mass is 350 g/mol. The lowest BCUT2D eigenvalue weighted by Crippen LogP contribution is -2.24. The summed E-state index contributed by atoms with van der Waals surface area (Å²) in [6, 6.07) is 1.91. The van der Waals surface area contributed by atoms with Crippen LogP contribution < -0.4 is 4.74 Å². The van der Waals surface area contributed by atoms with Crippen molar-refractivity contribution >= 4 is 0 Å². The molecule has 1 atom stereocenters. The number of halogens is 2. The molecule has 0 N–H and O–H groups in total. The van der Waals surface area contributed by atoms with Crippen molar-refractivity contribution in [3.05, 3.63) is 28.8 Å². The fourth-order valence-electron chi connectivity index (χ4n) is 4.54. The van der Waals surface area contributed by atoms with E-state index in [4.69, 9.17) is 4.74 Å².